The normalized spacial score (nSPS) is 15.6. The van der Waals surface area contributed by atoms with Crippen LogP contribution in [0.4, 0.5) is 5.69 Å². The Hall–Kier alpha value is -2.50. The summed E-state index contributed by atoms with van der Waals surface area (Å²) in [5.41, 5.74) is 3.80. The van der Waals surface area contributed by atoms with Crippen LogP contribution in [-0.4, -0.2) is 28.4 Å². The summed E-state index contributed by atoms with van der Waals surface area (Å²) in [6.45, 7) is 9.00. The maximum absolute atomic E-state index is 12.4. The van der Waals surface area contributed by atoms with Gasteiger partial charge in [-0.3, -0.25) is 9.48 Å². The van der Waals surface area contributed by atoms with Crippen molar-refractivity contribution in [3.05, 3.63) is 35.2 Å². The van der Waals surface area contributed by atoms with E-state index in [4.69, 9.17) is 9.47 Å². The molecule has 0 saturated carbocycles. The summed E-state index contributed by atoms with van der Waals surface area (Å²) < 4.78 is 13.3. The number of hydrogen-bond acceptors (Lipinski definition) is 4. The third kappa shape index (κ3) is 3.95. The van der Waals surface area contributed by atoms with Gasteiger partial charge in [0, 0.05) is 36.7 Å². The summed E-state index contributed by atoms with van der Waals surface area (Å²) in [7, 11) is 0. The van der Waals surface area contributed by atoms with E-state index >= 15 is 0 Å². The lowest BCUT2D eigenvalue weighted by Gasteiger charge is -2.14. The Morgan fingerprint density at radius 2 is 2.20 bits per heavy atom. The van der Waals surface area contributed by atoms with Crippen LogP contribution in [0.15, 0.2) is 18.2 Å². The molecule has 1 aliphatic heterocycles. The summed E-state index contributed by atoms with van der Waals surface area (Å²) in [6.07, 6.45) is 1.37. The van der Waals surface area contributed by atoms with E-state index < -0.39 is 0 Å². The summed E-state index contributed by atoms with van der Waals surface area (Å²) in [4.78, 5) is 12.4. The van der Waals surface area contributed by atoms with Crippen molar-refractivity contribution in [2.75, 3.05) is 11.9 Å². The van der Waals surface area contributed by atoms with Crippen molar-refractivity contribution in [1.82, 2.24) is 9.78 Å². The molecule has 6 heteroatoms. The quantitative estimate of drug-likeness (QED) is 0.874. The van der Waals surface area contributed by atoms with Crippen LogP contribution in [0.3, 0.4) is 0 Å². The van der Waals surface area contributed by atoms with Crippen molar-refractivity contribution in [2.24, 2.45) is 0 Å². The molecule has 0 aliphatic carbocycles. The lowest BCUT2D eigenvalue weighted by atomic mass is 10.1. The number of carbonyl (C=O) groups excluding carboxylic acids is 1. The smallest absolute Gasteiger partial charge is 0.226 e. The standard InChI is InChI=1S/C19H25N3O3/c1-5-24-18-10-15-9-14(4)25-17(15)11-16(18)20-19(23)6-7-22-13(3)8-12(2)21-22/h8,10-11,14H,5-7,9H2,1-4H3,(H,20,23). The molecule has 2 heterocycles. The Kier molecular flexibility index (Phi) is 4.97. The highest BCUT2D eigenvalue weighted by molar-refractivity contribution is 5.92. The first-order valence-electron chi connectivity index (χ1n) is 8.73. The first-order valence-corrected chi connectivity index (χ1v) is 8.73. The Labute approximate surface area is 148 Å². The van der Waals surface area contributed by atoms with Crippen LogP contribution >= 0.6 is 0 Å². The SMILES string of the molecule is CCOc1cc2c(cc1NC(=O)CCn1nc(C)cc1C)OC(C)C2. The Bertz CT molecular complexity index is 782. The number of benzene rings is 1. The average Bonchev–Trinajstić information content (AvgIpc) is 3.06. The third-order valence-electron chi connectivity index (χ3n) is 4.23. The fourth-order valence-electron chi connectivity index (χ4n) is 3.13. The highest BCUT2D eigenvalue weighted by atomic mass is 16.5. The molecule has 0 radical (unpaired) electrons. The number of carbonyl (C=O) groups is 1. The number of nitrogens with one attached hydrogen (secondary N) is 1. The number of hydrogen-bond donors (Lipinski definition) is 1. The van der Waals surface area contributed by atoms with Crippen molar-refractivity contribution in [2.45, 2.75) is 53.2 Å². The van der Waals surface area contributed by atoms with Gasteiger partial charge in [-0.25, -0.2) is 0 Å². The molecular weight excluding hydrogens is 318 g/mol. The van der Waals surface area contributed by atoms with E-state index in [0.717, 1.165) is 29.1 Å². The predicted molar refractivity (Wildman–Crippen MR) is 96.4 cm³/mol. The molecule has 0 fully saturated rings. The van der Waals surface area contributed by atoms with E-state index in [1.54, 1.807) is 0 Å². The monoisotopic (exact) mass is 343 g/mol. The lowest BCUT2D eigenvalue weighted by molar-refractivity contribution is -0.116. The molecule has 1 aliphatic rings. The lowest BCUT2D eigenvalue weighted by Crippen LogP contribution is -2.16. The van der Waals surface area contributed by atoms with Crippen LogP contribution < -0.4 is 14.8 Å². The molecule has 1 atom stereocenters. The van der Waals surface area contributed by atoms with Crippen LogP contribution in [0, 0.1) is 13.8 Å². The van der Waals surface area contributed by atoms with Crippen molar-refractivity contribution in [3.8, 4) is 11.5 Å². The van der Waals surface area contributed by atoms with Gasteiger partial charge in [-0.15, -0.1) is 0 Å². The molecule has 25 heavy (non-hydrogen) atoms. The molecule has 6 nitrogen and oxygen atoms in total. The van der Waals surface area contributed by atoms with Gasteiger partial charge in [-0.1, -0.05) is 0 Å². The Balaban J connectivity index is 1.70. The van der Waals surface area contributed by atoms with Gasteiger partial charge in [0.15, 0.2) is 0 Å². The largest absolute Gasteiger partial charge is 0.492 e. The number of aryl methyl sites for hydroxylation is 3. The maximum Gasteiger partial charge on any atom is 0.226 e. The number of nitrogens with zero attached hydrogens (tertiary/aromatic N) is 2. The summed E-state index contributed by atoms with van der Waals surface area (Å²) in [5, 5.41) is 7.34. The summed E-state index contributed by atoms with van der Waals surface area (Å²) >= 11 is 0. The van der Waals surface area contributed by atoms with Crippen molar-refractivity contribution in [1.29, 1.82) is 0 Å². The molecule has 1 aromatic heterocycles. The number of ether oxygens (including phenoxy) is 2. The van der Waals surface area contributed by atoms with E-state index in [0.29, 0.717) is 31.0 Å². The van der Waals surface area contributed by atoms with E-state index in [1.165, 1.54) is 0 Å². The van der Waals surface area contributed by atoms with Gasteiger partial charge in [-0.2, -0.15) is 5.10 Å². The Morgan fingerprint density at radius 3 is 2.88 bits per heavy atom. The fraction of sp³-hybridized carbons (Fsp3) is 0.474. The van der Waals surface area contributed by atoms with E-state index in [-0.39, 0.29) is 12.0 Å². The van der Waals surface area contributed by atoms with Crippen molar-refractivity contribution in [3.63, 3.8) is 0 Å². The topological polar surface area (TPSA) is 65.4 Å². The summed E-state index contributed by atoms with van der Waals surface area (Å²) in [6, 6.07) is 5.84. The molecular formula is C19H25N3O3. The minimum atomic E-state index is -0.0699. The van der Waals surface area contributed by atoms with Crippen LogP contribution in [0.25, 0.3) is 0 Å². The minimum Gasteiger partial charge on any atom is -0.492 e. The molecule has 0 spiro atoms. The van der Waals surface area contributed by atoms with E-state index in [1.807, 2.05) is 50.6 Å². The third-order valence-corrected chi connectivity index (χ3v) is 4.23. The maximum atomic E-state index is 12.4. The molecule has 1 unspecified atom stereocenters. The van der Waals surface area contributed by atoms with Gasteiger partial charge in [0.1, 0.15) is 17.6 Å². The van der Waals surface area contributed by atoms with Gasteiger partial charge in [0.25, 0.3) is 0 Å². The minimum absolute atomic E-state index is 0.0699. The first kappa shape index (κ1) is 17.3. The molecule has 2 aromatic rings. The second-order valence-electron chi connectivity index (χ2n) is 6.47. The van der Waals surface area contributed by atoms with Crippen LogP contribution in [0.1, 0.15) is 37.2 Å². The van der Waals surface area contributed by atoms with Gasteiger partial charge in [0.2, 0.25) is 5.91 Å². The van der Waals surface area contributed by atoms with Gasteiger partial charge < -0.3 is 14.8 Å². The van der Waals surface area contributed by atoms with Crippen molar-refractivity contribution >= 4 is 11.6 Å². The number of rotatable bonds is 6. The zero-order valence-electron chi connectivity index (χ0n) is 15.3. The zero-order valence-corrected chi connectivity index (χ0v) is 15.3. The van der Waals surface area contributed by atoms with Gasteiger partial charge >= 0.3 is 0 Å². The number of anilines is 1. The van der Waals surface area contributed by atoms with Gasteiger partial charge in [0.05, 0.1) is 18.0 Å². The molecule has 0 saturated heterocycles. The summed E-state index contributed by atoms with van der Waals surface area (Å²) in [5.74, 6) is 1.45. The molecule has 1 amide bonds. The molecule has 3 rings (SSSR count). The number of aromatic nitrogens is 2. The zero-order chi connectivity index (χ0) is 18.0. The molecule has 134 valence electrons. The van der Waals surface area contributed by atoms with Gasteiger partial charge in [-0.05, 0) is 39.8 Å². The molecule has 0 bridgehead atoms. The van der Waals surface area contributed by atoms with Crippen LogP contribution in [-0.2, 0) is 17.8 Å². The highest BCUT2D eigenvalue weighted by Crippen LogP contribution is 2.38. The molecule has 1 N–H and O–H groups in total. The highest BCUT2D eigenvalue weighted by Gasteiger charge is 2.22. The Morgan fingerprint density at radius 1 is 1.40 bits per heavy atom. The average molecular weight is 343 g/mol. The van der Waals surface area contributed by atoms with Crippen LogP contribution in [0.5, 0.6) is 11.5 Å². The fourth-order valence-corrected chi connectivity index (χ4v) is 3.13. The van der Waals surface area contributed by atoms with E-state index in [2.05, 4.69) is 10.4 Å². The van der Waals surface area contributed by atoms with E-state index in [9.17, 15) is 4.79 Å². The number of amides is 1. The first-order chi connectivity index (χ1) is 12.0. The van der Waals surface area contributed by atoms with Crippen LogP contribution in [0.2, 0.25) is 0 Å². The number of fused-ring (bicyclic) bond motifs is 1. The predicted octanol–water partition coefficient (Wildman–Crippen LogP) is 3.25. The second-order valence-corrected chi connectivity index (χ2v) is 6.47. The van der Waals surface area contributed by atoms with Crippen molar-refractivity contribution < 1.29 is 14.3 Å². The second kappa shape index (κ2) is 7.17. The molecule has 1 aromatic carbocycles.